The van der Waals surface area contributed by atoms with Gasteiger partial charge in [-0.3, -0.25) is 0 Å². The van der Waals surface area contributed by atoms with Crippen molar-refractivity contribution < 1.29 is 16.8 Å². The lowest BCUT2D eigenvalue weighted by Gasteiger charge is -2.31. The first-order valence-electron chi connectivity index (χ1n) is 5.16. The lowest BCUT2D eigenvalue weighted by molar-refractivity contribution is 0.343. The molecule has 16 heavy (non-hydrogen) atoms. The van der Waals surface area contributed by atoms with Crippen LogP contribution in [0.3, 0.4) is 0 Å². The van der Waals surface area contributed by atoms with Gasteiger partial charge in [0.25, 0.3) is 0 Å². The van der Waals surface area contributed by atoms with Gasteiger partial charge >= 0.3 is 0 Å². The summed E-state index contributed by atoms with van der Waals surface area (Å²) in [6.45, 7) is 3.53. The Morgan fingerprint density at radius 2 is 1.81 bits per heavy atom. The van der Waals surface area contributed by atoms with E-state index < -0.39 is 30.5 Å². The molecular formula is C8H18N2O4S2. The normalized spacial score (nSPS) is 24.9. The first-order chi connectivity index (χ1) is 7.15. The third-order valence-electron chi connectivity index (χ3n) is 2.76. The fourth-order valence-electron chi connectivity index (χ4n) is 1.70. The van der Waals surface area contributed by atoms with Crippen molar-refractivity contribution in [3.63, 3.8) is 0 Å². The molecule has 0 radical (unpaired) electrons. The van der Waals surface area contributed by atoms with E-state index in [1.165, 1.54) is 4.31 Å². The Balaban J connectivity index is 2.88. The minimum atomic E-state index is -3.65. The Morgan fingerprint density at radius 1 is 1.25 bits per heavy atom. The van der Waals surface area contributed by atoms with Crippen LogP contribution in [0.25, 0.3) is 0 Å². The number of hydrogen-bond acceptors (Lipinski definition) is 4. The first kappa shape index (κ1) is 13.9. The van der Waals surface area contributed by atoms with E-state index in [0.29, 0.717) is 19.4 Å². The molecule has 0 aromatic carbocycles. The predicted octanol–water partition coefficient (Wildman–Crippen LogP) is -0.522. The Kier molecular flexibility index (Phi) is 3.99. The molecule has 1 aliphatic heterocycles. The summed E-state index contributed by atoms with van der Waals surface area (Å²) in [5.41, 5.74) is 0. The number of nitrogens with two attached hydrogens (primary N) is 1. The van der Waals surface area contributed by atoms with Gasteiger partial charge in [-0.25, -0.2) is 26.3 Å². The van der Waals surface area contributed by atoms with Gasteiger partial charge < -0.3 is 0 Å². The van der Waals surface area contributed by atoms with Gasteiger partial charge in [0, 0.05) is 13.1 Å². The molecule has 0 amide bonds. The molecule has 0 aliphatic carbocycles. The minimum Gasteiger partial charge on any atom is -0.228 e. The molecule has 2 N–H and O–H groups in total. The monoisotopic (exact) mass is 270 g/mol. The summed E-state index contributed by atoms with van der Waals surface area (Å²) in [4.78, 5) is 0. The van der Waals surface area contributed by atoms with Gasteiger partial charge in [-0.05, 0) is 26.7 Å². The molecule has 0 spiro atoms. The predicted molar refractivity (Wildman–Crippen MR) is 61.8 cm³/mol. The molecule has 1 rings (SSSR count). The fourth-order valence-corrected chi connectivity index (χ4v) is 4.05. The zero-order valence-electron chi connectivity index (χ0n) is 9.46. The first-order valence-corrected chi connectivity index (χ1v) is 8.27. The number of primary sulfonamides is 1. The average molecular weight is 270 g/mol. The quantitative estimate of drug-likeness (QED) is 0.746. The third kappa shape index (κ3) is 2.93. The second kappa shape index (κ2) is 4.59. The number of nitrogens with zero attached hydrogens (tertiary/aromatic N) is 1. The van der Waals surface area contributed by atoms with Gasteiger partial charge in [0.1, 0.15) is 0 Å². The summed E-state index contributed by atoms with van der Waals surface area (Å²) >= 11 is 0. The highest BCUT2D eigenvalue weighted by atomic mass is 32.2. The molecule has 6 nitrogen and oxygen atoms in total. The molecule has 1 unspecified atom stereocenters. The van der Waals surface area contributed by atoms with Gasteiger partial charge in [0.15, 0.2) is 0 Å². The molecule has 1 atom stereocenters. The van der Waals surface area contributed by atoms with Crippen LogP contribution in [0.4, 0.5) is 0 Å². The van der Waals surface area contributed by atoms with Crippen molar-refractivity contribution >= 4 is 20.0 Å². The molecule has 1 saturated heterocycles. The maximum Gasteiger partial charge on any atom is 0.216 e. The van der Waals surface area contributed by atoms with Crippen LogP contribution in [0, 0.1) is 0 Å². The lowest BCUT2D eigenvalue weighted by atomic mass is 10.2. The smallest absolute Gasteiger partial charge is 0.216 e. The Bertz CT molecular complexity index is 441. The van der Waals surface area contributed by atoms with E-state index in [0.717, 1.165) is 0 Å². The van der Waals surface area contributed by atoms with Crippen molar-refractivity contribution in [3.05, 3.63) is 0 Å². The second-order valence-electron chi connectivity index (χ2n) is 4.30. The van der Waals surface area contributed by atoms with Gasteiger partial charge in [-0.2, -0.15) is 0 Å². The summed E-state index contributed by atoms with van der Waals surface area (Å²) in [5.74, 6) is 0. The van der Waals surface area contributed by atoms with Crippen LogP contribution in [0.1, 0.15) is 26.7 Å². The van der Waals surface area contributed by atoms with E-state index in [1.807, 2.05) is 0 Å². The maximum atomic E-state index is 11.8. The van der Waals surface area contributed by atoms with Gasteiger partial charge in [0.2, 0.25) is 20.0 Å². The van der Waals surface area contributed by atoms with Crippen LogP contribution in [-0.2, 0) is 20.0 Å². The molecule has 1 aliphatic rings. The number of sulfonamides is 2. The molecule has 0 aromatic rings. The third-order valence-corrected chi connectivity index (χ3v) is 6.32. The molecule has 0 aromatic heterocycles. The number of rotatable bonds is 3. The van der Waals surface area contributed by atoms with E-state index in [2.05, 4.69) is 0 Å². The molecule has 8 heteroatoms. The summed E-state index contributed by atoms with van der Waals surface area (Å²) < 4.78 is 47.3. The fraction of sp³-hybridized carbons (Fsp3) is 1.00. The SMILES string of the molecule is CC(C)S(=O)(=O)N1CCCC(S(N)(=O)=O)C1. The van der Waals surface area contributed by atoms with Gasteiger partial charge in [0.05, 0.1) is 10.5 Å². The summed E-state index contributed by atoms with van der Waals surface area (Å²) in [6, 6.07) is 0. The maximum absolute atomic E-state index is 11.8. The van der Waals surface area contributed by atoms with Crippen molar-refractivity contribution in [2.45, 2.75) is 37.2 Å². The standard InChI is InChI=1S/C8H18N2O4S2/c1-7(2)16(13,14)10-5-3-4-8(6-10)15(9,11)12/h7-8H,3-6H2,1-2H3,(H2,9,11,12). The topological polar surface area (TPSA) is 97.5 Å². The van der Waals surface area contributed by atoms with Crippen molar-refractivity contribution in [1.82, 2.24) is 4.31 Å². The highest BCUT2D eigenvalue weighted by Crippen LogP contribution is 2.20. The summed E-state index contributed by atoms with van der Waals surface area (Å²) in [5, 5.41) is 3.74. The van der Waals surface area contributed by atoms with E-state index in [-0.39, 0.29) is 6.54 Å². The molecule has 1 fully saturated rings. The second-order valence-corrected chi connectivity index (χ2v) is 8.64. The van der Waals surface area contributed by atoms with Crippen LogP contribution in [-0.4, -0.2) is 44.7 Å². The van der Waals surface area contributed by atoms with Crippen molar-refractivity contribution in [1.29, 1.82) is 0 Å². The minimum absolute atomic E-state index is 0.0145. The van der Waals surface area contributed by atoms with Crippen molar-refractivity contribution in [3.8, 4) is 0 Å². The highest BCUT2D eigenvalue weighted by Gasteiger charge is 2.35. The van der Waals surface area contributed by atoms with E-state index in [4.69, 9.17) is 5.14 Å². The van der Waals surface area contributed by atoms with E-state index in [9.17, 15) is 16.8 Å². The van der Waals surface area contributed by atoms with Gasteiger partial charge in [-0.1, -0.05) is 0 Å². The molecule has 0 saturated carbocycles. The largest absolute Gasteiger partial charge is 0.228 e. The van der Waals surface area contributed by atoms with E-state index >= 15 is 0 Å². The zero-order valence-corrected chi connectivity index (χ0v) is 11.1. The van der Waals surface area contributed by atoms with Gasteiger partial charge in [-0.15, -0.1) is 0 Å². The molecule has 1 heterocycles. The number of hydrogen-bond donors (Lipinski definition) is 1. The van der Waals surface area contributed by atoms with Crippen LogP contribution in [0.2, 0.25) is 0 Å². The Labute approximate surface area is 96.9 Å². The Morgan fingerprint density at radius 3 is 2.25 bits per heavy atom. The summed E-state index contributed by atoms with van der Waals surface area (Å²) in [7, 11) is -7.03. The average Bonchev–Trinajstić information content (AvgIpc) is 2.16. The van der Waals surface area contributed by atoms with E-state index in [1.54, 1.807) is 13.8 Å². The van der Waals surface area contributed by atoms with Crippen LogP contribution >= 0.6 is 0 Å². The summed E-state index contributed by atoms with van der Waals surface area (Å²) in [6.07, 6.45) is 0.968. The van der Waals surface area contributed by atoms with Crippen LogP contribution in [0.5, 0.6) is 0 Å². The van der Waals surface area contributed by atoms with Crippen LogP contribution < -0.4 is 5.14 Å². The molecule has 0 bridgehead atoms. The lowest BCUT2D eigenvalue weighted by Crippen LogP contribution is -2.48. The number of piperidine rings is 1. The highest BCUT2D eigenvalue weighted by molar-refractivity contribution is 7.90. The van der Waals surface area contributed by atoms with Crippen LogP contribution in [0.15, 0.2) is 0 Å². The zero-order chi connectivity index (χ0) is 12.6. The molecular weight excluding hydrogens is 252 g/mol. The van der Waals surface area contributed by atoms with Crippen molar-refractivity contribution in [2.75, 3.05) is 13.1 Å². The molecule has 96 valence electrons. The Hall–Kier alpha value is -0.180. The van der Waals surface area contributed by atoms with Crippen molar-refractivity contribution in [2.24, 2.45) is 5.14 Å².